The van der Waals surface area contributed by atoms with Gasteiger partial charge in [-0.1, -0.05) is 41.1 Å². The van der Waals surface area contributed by atoms with Crippen molar-refractivity contribution in [2.75, 3.05) is 5.43 Å². The highest BCUT2D eigenvalue weighted by atomic mass is 35.5. The van der Waals surface area contributed by atoms with E-state index in [4.69, 9.17) is 16.7 Å². The number of hydrazone groups is 1. The zero-order chi connectivity index (χ0) is 16.3. The molecule has 0 unspecified atom stereocenters. The number of halogens is 1. The summed E-state index contributed by atoms with van der Waals surface area (Å²) >= 11 is 6.00. The van der Waals surface area contributed by atoms with E-state index in [1.807, 2.05) is 6.92 Å². The predicted molar refractivity (Wildman–Crippen MR) is 84.9 cm³/mol. The van der Waals surface area contributed by atoms with Crippen LogP contribution < -0.4 is 10.5 Å². The van der Waals surface area contributed by atoms with Gasteiger partial charge in [0.1, 0.15) is 0 Å². The molecule has 0 radical (unpaired) electrons. The van der Waals surface area contributed by atoms with Gasteiger partial charge in [-0.15, -0.1) is 0 Å². The molecule has 6 heteroatoms. The lowest BCUT2D eigenvalue weighted by molar-refractivity contribution is -0.268. The van der Waals surface area contributed by atoms with Crippen molar-refractivity contribution in [3.63, 3.8) is 0 Å². The number of nitrogens with zero attached hydrogens (tertiary/aromatic N) is 1. The number of nitrogens with one attached hydrogen (secondary N) is 1. The van der Waals surface area contributed by atoms with Crippen molar-refractivity contribution in [3.05, 3.63) is 58.1 Å². The Hall–Kier alpha value is -2.53. The van der Waals surface area contributed by atoms with Gasteiger partial charge < -0.3 is 10.2 Å². The number of aryl methyl sites for hydroxylation is 1. The Kier molecular flexibility index (Phi) is 4.68. The van der Waals surface area contributed by atoms with E-state index >= 15 is 0 Å². The second-order valence-electron chi connectivity index (χ2n) is 4.81. The van der Waals surface area contributed by atoms with Crippen molar-refractivity contribution >= 4 is 29.0 Å². The van der Waals surface area contributed by atoms with Gasteiger partial charge >= 0.3 is 5.97 Å². The summed E-state index contributed by atoms with van der Waals surface area (Å²) in [6.07, 6.45) is 0. The highest BCUT2D eigenvalue weighted by molar-refractivity contribution is 6.33. The van der Waals surface area contributed by atoms with Gasteiger partial charge in [-0.3, -0.25) is 5.43 Å². The molecule has 5 nitrogen and oxygen atoms in total. The number of carbonyl (C=O) groups is 1. The van der Waals surface area contributed by atoms with Crippen LogP contribution in [0.4, 0.5) is 5.69 Å². The molecular formula is C16H14ClN2O3-. The van der Waals surface area contributed by atoms with Gasteiger partial charge in [0.05, 0.1) is 22.0 Å². The highest BCUT2D eigenvalue weighted by Crippen LogP contribution is 2.24. The van der Waals surface area contributed by atoms with Crippen molar-refractivity contribution in [1.29, 1.82) is 0 Å². The summed E-state index contributed by atoms with van der Waals surface area (Å²) < 4.78 is 0. The minimum atomic E-state index is -1.05. The van der Waals surface area contributed by atoms with Crippen molar-refractivity contribution in [2.45, 2.75) is 13.8 Å². The van der Waals surface area contributed by atoms with Gasteiger partial charge in [0, 0.05) is 0 Å². The molecule has 0 amide bonds. The summed E-state index contributed by atoms with van der Waals surface area (Å²) in [6.45, 7) is 3.58. The Bertz CT molecular complexity index is 757. The van der Waals surface area contributed by atoms with E-state index < -0.39 is 5.97 Å². The monoisotopic (exact) mass is 317 g/mol. The third kappa shape index (κ3) is 3.56. The summed E-state index contributed by atoms with van der Waals surface area (Å²) in [5, 5.41) is 25.3. The van der Waals surface area contributed by atoms with E-state index in [9.17, 15) is 9.90 Å². The lowest BCUT2D eigenvalue weighted by Crippen LogP contribution is -2.06. The van der Waals surface area contributed by atoms with Crippen LogP contribution in [-0.2, 0) is 0 Å². The number of hydrogen-bond acceptors (Lipinski definition) is 4. The molecule has 2 N–H and O–H groups in total. The molecule has 0 heterocycles. The van der Waals surface area contributed by atoms with E-state index in [0.29, 0.717) is 22.0 Å². The predicted octanol–water partition coefficient (Wildman–Crippen LogP) is 3.26. The van der Waals surface area contributed by atoms with Crippen LogP contribution in [0.15, 0.2) is 41.5 Å². The zero-order valence-electron chi connectivity index (χ0n) is 12.1. The van der Waals surface area contributed by atoms with Crippen LogP contribution in [0.5, 0.6) is 5.75 Å². The molecule has 0 fully saturated rings. The van der Waals surface area contributed by atoms with Gasteiger partial charge in [0.15, 0.2) is 0 Å². The van der Waals surface area contributed by atoms with E-state index in [1.54, 1.807) is 19.1 Å². The summed E-state index contributed by atoms with van der Waals surface area (Å²) in [5.74, 6) is -1.18. The van der Waals surface area contributed by atoms with Crippen molar-refractivity contribution in [2.24, 2.45) is 5.10 Å². The molecular weight excluding hydrogens is 304 g/mol. The maximum absolute atomic E-state index is 11.8. The molecule has 0 aliphatic carbocycles. The smallest absolute Gasteiger partial charge is 0.335 e. The third-order valence-corrected chi connectivity index (χ3v) is 3.41. The first kappa shape index (κ1) is 15.9. The Morgan fingerprint density at radius 3 is 2.68 bits per heavy atom. The fraction of sp³-hybridized carbons (Fsp3) is 0.125. The van der Waals surface area contributed by atoms with Crippen LogP contribution >= 0.6 is 11.6 Å². The SMILES string of the molecule is C/C(=N\Nc1cc(C(=O)O)ccc1Cl)c1cc(C)ccc1[O-]. The van der Waals surface area contributed by atoms with Gasteiger partial charge in [-0.05, 0) is 37.6 Å². The van der Waals surface area contributed by atoms with E-state index in [0.717, 1.165) is 5.56 Å². The molecule has 114 valence electrons. The third-order valence-electron chi connectivity index (χ3n) is 3.08. The van der Waals surface area contributed by atoms with Crippen LogP contribution in [0.2, 0.25) is 5.02 Å². The number of hydrogen-bond donors (Lipinski definition) is 2. The second kappa shape index (κ2) is 6.49. The summed E-state index contributed by atoms with van der Waals surface area (Å²) in [4.78, 5) is 11.0. The zero-order valence-corrected chi connectivity index (χ0v) is 12.8. The molecule has 22 heavy (non-hydrogen) atoms. The molecule has 0 saturated carbocycles. The first-order valence-electron chi connectivity index (χ1n) is 6.49. The van der Waals surface area contributed by atoms with Crippen LogP contribution in [0.3, 0.4) is 0 Å². The molecule has 0 spiro atoms. The first-order valence-corrected chi connectivity index (χ1v) is 6.87. The molecule has 0 saturated heterocycles. The Morgan fingerprint density at radius 2 is 2.00 bits per heavy atom. The number of carboxylic acid groups (broad SMARTS) is 1. The fourth-order valence-corrected chi connectivity index (χ4v) is 2.03. The van der Waals surface area contributed by atoms with E-state index in [2.05, 4.69) is 10.5 Å². The second-order valence-corrected chi connectivity index (χ2v) is 5.22. The maximum atomic E-state index is 11.8. The van der Waals surface area contributed by atoms with Crippen LogP contribution in [0, 0.1) is 6.92 Å². The minimum absolute atomic E-state index is 0.0971. The first-order chi connectivity index (χ1) is 10.4. The average Bonchev–Trinajstić information content (AvgIpc) is 2.48. The average molecular weight is 318 g/mol. The number of rotatable bonds is 4. The molecule has 2 aromatic rings. The van der Waals surface area contributed by atoms with E-state index in [-0.39, 0.29) is 11.3 Å². The number of benzene rings is 2. The van der Waals surface area contributed by atoms with Gasteiger partial charge in [0.2, 0.25) is 0 Å². The lowest BCUT2D eigenvalue weighted by Gasteiger charge is -2.14. The van der Waals surface area contributed by atoms with Gasteiger partial charge in [-0.2, -0.15) is 5.10 Å². The lowest BCUT2D eigenvalue weighted by atomic mass is 10.1. The highest BCUT2D eigenvalue weighted by Gasteiger charge is 2.07. The summed E-state index contributed by atoms with van der Waals surface area (Å²) in [5.41, 5.74) is 5.10. The topological polar surface area (TPSA) is 84.8 Å². The van der Waals surface area contributed by atoms with Crippen molar-refractivity contribution < 1.29 is 15.0 Å². The standard InChI is InChI=1S/C16H15ClN2O3/c1-9-3-6-15(20)12(7-9)10(2)18-19-14-8-11(16(21)22)4-5-13(14)17/h3-8,19-20H,1-2H3,(H,21,22)/p-1/b18-10+. The largest absolute Gasteiger partial charge is 0.872 e. The molecule has 2 aromatic carbocycles. The van der Waals surface area contributed by atoms with Crippen LogP contribution in [0.1, 0.15) is 28.4 Å². The van der Waals surface area contributed by atoms with Crippen molar-refractivity contribution in [1.82, 2.24) is 0 Å². The molecule has 2 rings (SSSR count). The Labute approximate surface area is 132 Å². The molecule has 0 aliphatic heterocycles. The minimum Gasteiger partial charge on any atom is -0.872 e. The molecule has 0 bridgehead atoms. The van der Waals surface area contributed by atoms with E-state index in [1.165, 1.54) is 24.3 Å². The molecule has 0 atom stereocenters. The maximum Gasteiger partial charge on any atom is 0.335 e. The fourth-order valence-electron chi connectivity index (χ4n) is 1.87. The Morgan fingerprint density at radius 1 is 1.27 bits per heavy atom. The van der Waals surface area contributed by atoms with Crippen molar-refractivity contribution in [3.8, 4) is 5.75 Å². The number of carboxylic acids is 1. The van der Waals surface area contributed by atoms with Gasteiger partial charge in [0.25, 0.3) is 0 Å². The number of aromatic carboxylic acids is 1. The summed E-state index contributed by atoms with van der Waals surface area (Å²) in [6, 6.07) is 9.24. The summed E-state index contributed by atoms with van der Waals surface area (Å²) in [7, 11) is 0. The molecule has 0 aromatic heterocycles. The number of anilines is 1. The van der Waals surface area contributed by atoms with Crippen LogP contribution in [0.25, 0.3) is 0 Å². The normalized spacial score (nSPS) is 11.3. The molecule has 0 aliphatic rings. The van der Waals surface area contributed by atoms with Gasteiger partial charge in [-0.25, -0.2) is 4.79 Å². The van der Waals surface area contributed by atoms with Crippen LogP contribution in [-0.4, -0.2) is 16.8 Å². The Balaban J connectivity index is 2.29. The quantitative estimate of drug-likeness (QED) is 0.669.